The summed E-state index contributed by atoms with van der Waals surface area (Å²) in [7, 11) is 0. The van der Waals surface area contributed by atoms with E-state index in [0.29, 0.717) is 26.6 Å². The van der Waals surface area contributed by atoms with Crippen molar-refractivity contribution in [1.82, 2.24) is 4.98 Å². The van der Waals surface area contributed by atoms with Crippen molar-refractivity contribution in [3.8, 4) is 27.6 Å². The normalized spacial score (nSPS) is 12.0. The van der Waals surface area contributed by atoms with Crippen LogP contribution < -0.4 is 4.90 Å². The van der Waals surface area contributed by atoms with Gasteiger partial charge in [-0.1, -0.05) is 26.7 Å². The number of thiazole rings is 1. The summed E-state index contributed by atoms with van der Waals surface area (Å²) in [4.78, 5) is 6.81. The fourth-order valence-corrected chi connectivity index (χ4v) is 5.48. The summed E-state index contributed by atoms with van der Waals surface area (Å²) in [5, 5.41) is 11.9. The molecule has 0 unspecified atom stereocenters. The van der Waals surface area contributed by atoms with Gasteiger partial charge >= 0.3 is 6.18 Å². The Hall–Kier alpha value is -3.52. The van der Waals surface area contributed by atoms with E-state index in [1.165, 1.54) is 29.2 Å². The third kappa shape index (κ3) is 5.36. The molecule has 0 radical (unpaired) electrons. The second-order valence-electron chi connectivity index (χ2n) is 9.46. The van der Waals surface area contributed by atoms with Crippen LogP contribution in [0.1, 0.15) is 45.1 Å². The van der Waals surface area contributed by atoms with Gasteiger partial charge in [-0.15, -0.1) is 11.3 Å². The Morgan fingerprint density at radius 3 is 2.29 bits per heavy atom. The van der Waals surface area contributed by atoms with Crippen LogP contribution in [-0.2, 0) is 6.18 Å². The van der Waals surface area contributed by atoms with Gasteiger partial charge in [-0.3, -0.25) is 0 Å². The van der Waals surface area contributed by atoms with Crippen molar-refractivity contribution in [3.63, 3.8) is 0 Å². The molecule has 0 aliphatic rings. The van der Waals surface area contributed by atoms with Gasteiger partial charge in [0, 0.05) is 35.8 Å². The maximum Gasteiger partial charge on any atom is 0.416 e. The number of alkyl halides is 3. The molecule has 4 nitrogen and oxygen atoms in total. The van der Waals surface area contributed by atoms with Crippen molar-refractivity contribution < 1.29 is 22.7 Å². The lowest BCUT2D eigenvalue weighted by atomic mass is 10.1. The van der Waals surface area contributed by atoms with E-state index in [9.17, 15) is 18.3 Å². The van der Waals surface area contributed by atoms with Crippen molar-refractivity contribution in [2.75, 3.05) is 18.0 Å². The van der Waals surface area contributed by atoms with Gasteiger partial charge in [0.15, 0.2) is 0 Å². The summed E-state index contributed by atoms with van der Waals surface area (Å²) < 4.78 is 46.0. The number of aromatic hydroxyl groups is 1. The van der Waals surface area contributed by atoms with Crippen molar-refractivity contribution in [1.29, 1.82) is 0 Å². The monoisotopic (exact) mass is 538 g/mol. The molecule has 2 aromatic heterocycles. The number of anilines is 1. The van der Waals surface area contributed by atoms with E-state index in [1.807, 2.05) is 18.2 Å². The molecule has 3 aromatic carbocycles. The number of phenolic OH excluding ortho intramolecular Hbond substituents is 1. The Labute approximate surface area is 223 Å². The van der Waals surface area contributed by atoms with Crippen molar-refractivity contribution in [2.24, 2.45) is 0 Å². The molecular formula is C30H29F3N2O2S. The highest BCUT2D eigenvalue weighted by atomic mass is 32.1. The Morgan fingerprint density at radius 1 is 0.921 bits per heavy atom. The maximum absolute atomic E-state index is 13.1. The number of halogens is 3. The molecule has 198 valence electrons. The van der Waals surface area contributed by atoms with E-state index in [-0.39, 0.29) is 11.3 Å². The highest BCUT2D eigenvalue weighted by molar-refractivity contribution is 7.21. The SMILES string of the molecule is CCCCN(CCCC)c1ccc(-c2cc3cc(-c4nc5cc(C(F)(F)F)ccc5s4)c(O)cc3o2)cc1. The number of aromatic nitrogens is 1. The molecule has 0 aliphatic carbocycles. The number of furan rings is 1. The van der Waals surface area contributed by atoms with Crippen LogP contribution in [0.2, 0.25) is 0 Å². The predicted octanol–water partition coefficient (Wildman–Crippen LogP) is 9.51. The first-order chi connectivity index (χ1) is 18.3. The summed E-state index contributed by atoms with van der Waals surface area (Å²) >= 11 is 1.24. The van der Waals surface area contributed by atoms with Crippen LogP contribution in [0.3, 0.4) is 0 Å². The molecule has 8 heteroatoms. The molecule has 0 spiro atoms. The Kier molecular flexibility index (Phi) is 7.34. The number of hydrogen-bond acceptors (Lipinski definition) is 5. The molecule has 1 N–H and O–H groups in total. The van der Waals surface area contributed by atoms with Gasteiger partial charge < -0.3 is 14.4 Å². The summed E-state index contributed by atoms with van der Waals surface area (Å²) in [6, 6.07) is 17.0. The molecule has 5 aromatic rings. The lowest BCUT2D eigenvalue weighted by Crippen LogP contribution is -2.25. The van der Waals surface area contributed by atoms with Crippen molar-refractivity contribution >= 4 is 38.2 Å². The molecule has 2 heterocycles. The van der Waals surface area contributed by atoms with Gasteiger partial charge in [0.25, 0.3) is 0 Å². The first kappa shape index (κ1) is 26.1. The van der Waals surface area contributed by atoms with Gasteiger partial charge in [0.05, 0.1) is 21.3 Å². The molecule has 0 atom stereocenters. The summed E-state index contributed by atoms with van der Waals surface area (Å²) in [5.74, 6) is 0.641. The van der Waals surface area contributed by atoms with Crippen molar-refractivity contribution in [3.05, 3.63) is 66.2 Å². The molecule has 0 saturated carbocycles. The molecule has 0 bridgehead atoms. The molecule has 0 aliphatic heterocycles. The Morgan fingerprint density at radius 2 is 1.63 bits per heavy atom. The number of phenols is 1. The van der Waals surface area contributed by atoms with Gasteiger partial charge in [-0.05, 0) is 67.4 Å². The smallest absolute Gasteiger partial charge is 0.416 e. The summed E-state index contributed by atoms with van der Waals surface area (Å²) in [5.41, 5.74) is 2.61. The van der Waals surface area contributed by atoms with E-state index in [2.05, 4.69) is 35.9 Å². The van der Waals surface area contributed by atoms with E-state index >= 15 is 0 Å². The van der Waals surface area contributed by atoms with Crippen LogP contribution in [0, 0.1) is 0 Å². The van der Waals surface area contributed by atoms with Gasteiger partial charge in [-0.2, -0.15) is 13.2 Å². The average Bonchev–Trinajstić information content (AvgIpc) is 3.51. The largest absolute Gasteiger partial charge is 0.507 e. The van der Waals surface area contributed by atoms with Crippen LogP contribution in [0.15, 0.2) is 65.1 Å². The highest BCUT2D eigenvalue weighted by Gasteiger charge is 2.31. The second-order valence-corrected chi connectivity index (χ2v) is 10.5. The van der Waals surface area contributed by atoms with Crippen LogP contribution in [0.25, 0.3) is 43.1 Å². The Bertz CT molecular complexity index is 1550. The second kappa shape index (κ2) is 10.7. The number of nitrogens with zero attached hydrogens (tertiary/aromatic N) is 2. The minimum atomic E-state index is -4.44. The quantitative estimate of drug-likeness (QED) is 0.203. The minimum Gasteiger partial charge on any atom is -0.507 e. The topological polar surface area (TPSA) is 49.5 Å². The Balaban J connectivity index is 1.44. The molecule has 0 saturated heterocycles. The lowest BCUT2D eigenvalue weighted by Gasteiger charge is -2.24. The standard InChI is InChI=1S/C30H29F3N2O2S/c1-3-5-13-35(14-6-4-2)22-10-7-19(8-11-22)26-16-20-15-23(25(36)18-27(20)37-26)29-34-24-17-21(30(31,32)33)9-12-28(24)38-29/h7-12,15-18,36H,3-6,13-14H2,1-2H3. The van der Waals surface area contributed by atoms with Crippen LogP contribution in [0.5, 0.6) is 5.75 Å². The third-order valence-corrected chi connectivity index (χ3v) is 7.73. The van der Waals surface area contributed by atoms with E-state index in [4.69, 9.17) is 4.42 Å². The molecule has 5 rings (SSSR count). The van der Waals surface area contributed by atoms with Crippen LogP contribution in [-0.4, -0.2) is 23.2 Å². The number of hydrogen-bond donors (Lipinski definition) is 1. The van der Waals surface area contributed by atoms with Gasteiger partial charge in [0.2, 0.25) is 0 Å². The fourth-order valence-electron chi connectivity index (χ4n) is 4.51. The average molecular weight is 539 g/mol. The fraction of sp³-hybridized carbons (Fsp3) is 0.300. The minimum absolute atomic E-state index is 0.0358. The predicted molar refractivity (Wildman–Crippen MR) is 149 cm³/mol. The molecule has 0 amide bonds. The first-order valence-electron chi connectivity index (χ1n) is 12.9. The van der Waals surface area contributed by atoms with Crippen LogP contribution >= 0.6 is 11.3 Å². The molecule has 38 heavy (non-hydrogen) atoms. The van der Waals surface area contributed by atoms with E-state index in [1.54, 1.807) is 6.07 Å². The first-order valence-corrected chi connectivity index (χ1v) is 13.7. The zero-order chi connectivity index (χ0) is 26.9. The van der Waals surface area contributed by atoms with Crippen LogP contribution in [0.4, 0.5) is 18.9 Å². The zero-order valence-corrected chi connectivity index (χ0v) is 22.1. The maximum atomic E-state index is 13.1. The van der Waals surface area contributed by atoms with Crippen molar-refractivity contribution in [2.45, 2.75) is 45.7 Å². The summed E-state index contributed by atoms with van der Waals surface area (Å²) in [6.07, 6.45) is 0.173. The number of rotatable bonds is 9. The third-order valence-electron chi connectivity index (χ3n) is 6.66. The number of fused-ring (bicyclic) bond motifs is 2. The van der Waals surface area contributed by atoms with Gasteiger partial charge in [-0.25, -0.2) is 4.98 Å². The molecule has 0 fully saturated rings. The van der Waals surface area contributed by atoms with Gasteiger partial charge in [0.1, 0.15) is 22.1 Å². The molecular weight excluding hydrogens is 509 g/mol. The number of benzene rings is 3. The highest BCUT2D eigenvalue weighted by Crippen LogP contribution is 2.41. The van der Waals surface area contributed by atoms with E-state index in [0.717, 1.165) is 61.9 Å². The number of unbranched alkanes of at least 4 members (excludes halogenated alkanes) is 2. The van der Waals surface area contributed by atoms with E-state index < -0.39 is 11.7 Å². The zero-order valence-electron chi connectivity index (χ0n) is 21.3. The lowest BCUT2D eigenvalue weighted by molar-refractivity contribution is -0.137. The summed E-state index contributed by atoms with van der Waals surface area (Å²) in [6.45, 7) is 6.47.